The molecule has 0 spiro atoms. The molecule has 0 atom stereocenters. The molecule has 1 heterocycles. The Morgan fingerprint density at radius 1 is 1.38 bits per heavy atom. The normalized spacial score (nSPS) is 11.8. The van der Waals surface area contributed by atoms with Gasteiger partial charge in [-0.05, 0) is 12.0 Å². The molecule has 0 aliphatic heterocycles. The number of nitrogens with zero attached hydrogens (tertiary/aromatic N) is 2. The first-order valence-corrected chi connectivity index (χ1v) is 6.45. The Hall–Kier alpha value is -1.83. The average Bonchev–Trinajstić information content (AvgIpc) is 2.35. The lowest BCUT2D eigenvalue weighted by Gasteiger charge is -2.26. The summed E-state index contributed by atoms with van der Waals surface area (Å²) in [5.74, 6) is -0.469. The fourth-order valence-corrected chi connectivity index (χ4v) is 1.92. The van der Waals surface area contributed by atoms with Crippen LogP contribution in [0.15, 0.2) is 12.1 Å². The number of rotatable bonds is 6. The third kappa shape index (κ3) is 4.89. The topological polar surface area (TPSA) is 85.2 Å². The van der Waals surface area contributed by atoms with Crippen molar-refractivity contribution in [2.45, 2.75) is 26.6 Å². The van der Waals surface area contributed by atoms with Gasteiger partial charge in [0.15, 0.2) is 0 Å². The SMILES string of the molecule is CC(C)CN(CC(N)=O)c1nc(C(F)(F)F)ccc1CN. The van der Waals surface area contributed by atoms with Crippen LogP contribution in [-0.4, -0.2) is 24.0 Å². The Labute approximate surface area is 121 Å². The van der Waals surface area contributed by atoms with E-state index in [4.69, 9.17) is 11.5 Å². The molecule has 0 fully saturated rings. The van der Waals surface area contributed by atoms with E-state index in [0.717, 1.165) is 6.07 Å². The van der Waals surface area contributed by atoms with Gasteiger partial charge in [-0.1, -0.05) is 19.9 Å². The Kier molecular flexibility index (Phi) is 5.54. The molecular formula is C13H19F3N4O. The molecule has 0 saturated heterocycles. The van der Waals surface area contributed by atoms with Gasteiger partial charge in [0.2, 0.25) is 5.91 Å². The van der Waals surface area contributed by atoms with Gasteiger partial charge < -0.3 is 16.4 Å². The highest BCUT2D eigenvalue weighted by Crippen LogP contribution is 2.30. The molecule has 0 aliphatic rings. The van der Waals surface area contributed by atoms with E-state index < -0.39 is 17.8 Å². The first-order chi connectivity index (χ1) is 9.65. The minimum atomic E-state index is -4.56. The van der Waals surface area contributed by atoms with Crippen molar-refractivity contribution in [3.8, 4) is 0 Å². The third-order valence-electron chi connectivity index (χ3n) is 2.70. The molecule has 0 saturated carbocycles. The monoisotopic (exact) mass is 304 g/mol. The van der Waals surface area contributed by atoms with Crippen molar-refractivity contribution < 1.29 is 18.0 Å². The van der Waals surface area contributed by atoms with E-state index in [-0.39, 0.29) is 24.8 Å². The van der Waals surface area contributed by atoms with Crippen molar-refractivity contribution in [1.82, 2.24) is 4.98 Å². The molecular weight excluding hydrogens is 285 g/mol. The summed E-state index contributed by atoms with van der Waals surface area (Å²) in [5, 5.41) is 0. The van der Waals surface area contributed by atoms with Crippen LogP contribution < -0.4 is 16.4 Å². The van der Waals surface area contributed by atoms with Gasteiger partial charge in [-0.25, -0.2) is 4.98 Å². The lowest BCUT2D eigenvalue weighted by Crippen LogP contribution is -2.38. The lowest BCUT2D eigenvalue weighted by atomic mass is 10.1. The molecule has 0 bridgehead atoms. The number of aromatic nitrogens is 1. The molecule has 5 nitrogen and oxygen atoms in total. The molecule has 0 aromatic carbocycles. The quantitative estimate of drug-likeness (QED) is 0.834. The minimum Gasteiger partial charge on any atom is -0.368 e. The van der Waals surface area contributed by atoms with Gasteiger partial charge in [0.25, 0.3) is 0 Å². The van der Waals surface area contributed by atoms with Crippen LogP contribution in [0.3, 0.4) is 0 Å². The summed E-state index contributed by atoms with van der Waals surface area (Å²) in [7, 11) is 0. The largest absolute Gasteiger partial charge is 0.433 e. The number of hydrogen-bond acceptors (Lipinski definition) is 4. The predicted molar refractivity (Wildman–Crippen MR) is 73.4 cm³/mol. The van der Waals surface area contributed by atoms with Crippen molar-refractivity contribution >= 4 is 11.7 Å². The molecule has 8 heteroatoms. The number of nitrogens with two attached hydrogens (primary N) is 2. The summed E-state index contributed by atoms with van der Waals surface area (Å²) in [6.07, 6.45) is -4.56. The van der Waals surface area contributed by atoms with Gasteiger partial charge in [0.05, 0.1) is 6.54 Å². The van der Waals surface area contributed by atoms with E-state index in [1.54, 1.807) is 0 Å². The van der Waals surface area contributed by atoms with Crippen LogP contribution in [0.25, 0.3) is 0 Å². The van der Waals surface area contributed by atoms with Crippen LogP contribution in [-0.2, 0) is 17.5 Å². The summed E-state index contributed by atoms with van der Waals surface area (Å²) in [4.78, 5) is 16.2. The number of carbonyl (C=O) groups excluding carboxylic acids is 1. The molecule has 1 amide bonds. The van der Waals surface area contributed by atoms with E-state index in [1.807, 2.05) is 13.8 Å². The lowest BCUT2D eigenvalue weighted by molar-refractivity contribution is -0.141. The second-order valence-electron chi connectivity index (χ2n) is 5.12. The van der Waals surface area contributed by atoms with Gasteiger partial charge in [0.1, 0.15) is 11.5 Å². The number of anilines is 1. The molecule has 0 unspecified atom stereocenters. The smallest absolute Gasteiger partial charge is 0.368 e. The number of hydrogen-bond donors (Lipinski definition) is 2. The summed E-state index contributed by atoms with van der Waals surface area (Å²) < 4.78 is 38.4. The second-order valence-corrected chi connectivity index (χ2v) is 5.12. The van der Waals surface area contributed by atoms with E-state index in [9.17, 15) is 18.0 Å². The summed E-state index contributed by atoms with van der Waals surface area (Å²) in [6, 6.07) is 2.16. The van der Waals surface area contributed by atoms with Crippen molar-refractivity contribution in [2.75, 3.05) is 18.0 Å². The van der Waals surface area contributed by atoms with Crippen LogP contribution in [0.5, 0.6) is 0 Å². The van der Waals surface area contributed by atoms with E-state index >= 15 is 0 Å². The van der Waals surface area contributed by atoms with Crippen LogP contribution in [0.1, 0.15) is 25.1 Å². The molecule has 1 aromatic heterocycles. The van der Waals surface area contributed by atoms with Gasteiger partial charge in [0, 0.05) is 18.7 Å². The fourth-order valence-electron chi connectivity index (χ4n) is 1.92. The highest BCUT2D eigenvalue weighted by molar-refractivity contribution is 5.79. The van der Waals surface area contributed by atoms with Crippen LogP contribution in [0.4, 0.5) is 19.0 Å². The molecule has 21 heavy (non-hydrogen) atoms. The van der Waals surface area contributed by atoms with E-state index in [0.29, 0.717) is 12.1 Å². The zero-order valence-corrected chi connectivity index (χ0v) is 11.9. The zero-order chi connectivity index (χ0) is 16.2. The number of amides is 1. The Bertz CT molecular complexity index is 503. The van der Waals surface area contributed by atoms with Crippen LogP contribution in [0.2, 0.25) is 0 Å². The standard InChI is InChI=1S/C13H19F3N4O/c1-8(2)6-20(7-11(18)21)12-9(5-17)3-4-10(19-12)13(14,15)16/h3-4,8H,5-7,17H2,1-2H3,(H2,18,21). The highest BCUT2D eigenvalue weighted by atomic mass is 19.4. The van der Waals surface area contributed by atoms with Crippen LogP contribution >= 0.6 is 0 Å². The van der Waals surface area contributed by atoms with Crippen molar-refractivity contribution in [2.24, 2.45) is 17.4 Å². The number of carbonyl (C=O) groups is 1. The summed E-state index contributed by atoms with van der Waals surface area (Å²) in [6.45, 7) is 3.92. The fraction of sp³-hybridized carbons (Fsp3) is 0.538. The maximum Gasteiger partial charge on any atom is 0.433 e. The summed E-state index contributed by atoms with van der Waals surface area (Å²) >= 11 is 0. The molecule has 118 valence electrons. The van der Waals surface area contributed by atoms with Crippen LogP contribution in [0, 0.1) is 5.92 Å². The van der Waals surface area contributed by atoms with Crippen molar-refractivity contribution in [3.63, 3.8) is 0 Å². The van der Waals surface area contributed by atoms with Gasteiger partial charge in [-0.15, -0.1) is 0 Å². The van der Waals surface area contributed by atoms with Crippen molar-refractivity contribution in [1.29, 1.82) is 0 Å². The maximum absolute atomic E-state index is 12.8. The number of primary amides is 1. The maximum atomic E-state index is 12.8. The molecule has 0 aliphatic carbocycles. The Morgan fingerprint density at radius 2 is 2.00 bits per heavy atom. The highest BCUT2D eigenvalue weighted by Gasteiger charge is 2.33. The predicted octanol–water partition coefficient (Wildman–Crippen LogP) is 1.51. The first-order valence-electron chi connectivity index (χ1n) is 6.45. The minimum absolute atomic E-state index is 0.0217. The molecule has 0 radical (unpaired) electrons. The third-order valence-corrected chi connectivity index (χ3v) is 2.70. The molecule has 1 aromatic rings. The number of halogens is 3. The van der Waals surface area contributed by atoms with E-state index in [2.05, 4.69) is 4.98 Å². The Morgan fingerprint density at radius 3 is 2.43 bits per heavy atom. The van der Waals surface area contributed by atoms with E-state index in [1.165, 1.54) is 11.0 Å². The molecule has 4 N–H and O–H groups in total. The van der Waals surface area contributed by atoms with Gasteiger partial charge in [-0.2, -0.15) is 13.2 Å². The van der Waals surface area contributed by atoms with Crippen molar-refractivity contribution in [3.05, 3.63) is 23.4 Å². The molecule has 1 rings (SSSR count). The van der Waals surface area contributed by atoms with Gasteiger partial charge >= 0.3 is 6.18 Å². The average molecular weight is 304 g/mol. The number of alkyl halides is 3. The van der Waals surface area contributed by atoms with Gasteiger partial charge in [-0.3, -0.25) is 4.79 Å². The summed E-state index contributed by atoms with van der Waals surface area (Å²) in [5.41, 5.74) is 10.1. The zero-order valence-electron chi connectivity index (χ0n) is 11.9. The first kappa shape index (κ1) is 17.2. The second kappa shape index (κ2) is 6.75. The number of pyridine rings is 1. The Balaban J connectivity index is 3.28.